The minimum atomic E-state index is -0.372. The first-order valence-electron chi connectivity index (χ1n) is 15.8. The molecular weight excluding hydrogens is 583 g/mol. The molecule has 11 heteroatoms. The molecule has 0 aliphatic carbocycles. The van der Waals surface area contributed by atoms with Gasteiger partial charge < -0.3 is 15.0 Å². The Balaban J connectivity index is 1.17. The number of carbonyl (C=O) groups is 1. The van der Waals surface area contributed by atoms with Crippen LogP contribution in [0.3, 0.4) is 0 Å². The van der Waals surface area contributed by atoms with E-state index in [1.807, 2.05) is 36.4 Å². The number of hydrogen-bond donors (Lipinski definition) is 3. The predicted molar refractivity (Wildman–Crippen MR) is 177 cm³/mol. The average molecular weight is 619 g/mol. The lowest BCUT2D eigenvalue weighted by Crippen LogP contribution is -2.25. The van der Waals surface area contributed by atoms with Gasteiger partial charge >= 0.3 is 0 Å². The molecular formula is C35H35FN8O2. The molecule has 4 aromatic heterocycles. The lowest BCUT2D eigenvalue weighted by atomic mass is 10.0. The van der Waals surface area contributed by atoms with Crippen LogP contribution in [0.5, 0.6) is 5.75 Å². The first-order chi connectivity index (χ1) is 22.5. The fourth-order valence-electron chi connectivity index (χ4n) is 5.97. The van der Waals surface area contributed by atoms with Crippen molar-refractivity contribution in [2.45, 2.75) is 39.0 Å². The van der Waals surface area contributed by atoms with Crippen molar-refractivity contribution in [1.82, 2.24) is 35.0 Å². The molecule has 2 aromatic carbocycles. The minimum absolute atomic E-state index is 0.0225. The summed E-state index contributed by atoms with van der Waals surface area (Å²) in [5.74, 6) is 0.629. The number of fused-ring (bicyclic) bond motifs is 2. The summed E-state index contributed by atoms with van der Waals surface area (Å²) in [4.78, 5) is 31.6. The second-order valence-corrected chi connectivity index (χ2v) is 11.7. The van der Waals surface area contributed by atoms with E-state index >= 15 is 0 Å². The van der Waals surface area contributed by atoms with Gasteiger partial charge in [-0.1, -0.05) is 19.4 Å². The number of aromatic amines is 2. The second kappa shape index (κ2) is 13.1. The molecule has 3 N–H and O–H groups in total. The standard InChI is InChI=1S/C35H35FN8O2/c1-2-3-6-31(45)39-26-16-24(20-37-21-26)22-7-8-30-29(18-22)33(43-42-30)35-40-32-28(9-10-38-34(32)41-35)23-15-25(36)19-27(17-23)46-14-13-44-11-4-5-12-44/h7-10,15-21H,2-6,11-14H2,1H3,(H,39,45)(H,42,43)(H,38,40,41). The highest BCUT2D eigenvalue weighted by molar-refractivity contribution is 5.98. The van der Waals surface area contributed by atoms with Crippen LogP contribution in [-0.4, -0.2) is 67.2 Å². The van der Waals surface area contributed by atoms with Gasteiger partial charge in [-0.25, -0.2) is 14.4 Å². The monoisotopic (exact) mass is 618 g/mol. The largest absolute Gasteiger partial charge is 0.492 e. The third-order valence-electron chi connectivity index (χ3n) is 8.35. The van der Waals surface area contributed by atoms with Crippen LogP contribution in [0.1, 0.15) is 39.0 Å². The normalized spacial score (nSPS) is 13.5. The number of anilines is 1. The Hall–Kier alpha value is -5.16. The first kappa shape index (κ1) is 29.5. The summed E-state index contributed by atoms with van der Waals surface area (Å²) in [6.45, 7) is 5.57. The fraction of sp³-hybridized carbons (Fsp3) is 0.286. The van der Waals surface area contributed by atoms with Crippen LogP contribution in [0, 0.1) is 5.82 Å². The third kappa shape index (κ3) is 6.32. The van der Waals surface area contributed by atoms with E-state index in [9.17, 15) is 9.18 Å². The van der Waals surface area contributed by atoms with Crippen LogP contribution >= 0.6 is 0 Å². The Morgan fingerprint density at radius 2 is 1.93 bits per heavy atom. The lowest BCUT2D eigenvalue weighted by Gasteiger charge is -2.15. The van der Waals surface area contributed by atoms with Crippen LogP contribution < -0.4 is 10.1 Å². The number of imidazole rings is 1. The van der Waals surface area contributed by atoms with Crippen molar-refractivity contribution in [3.05, 3.63) is 72.9 Å². The summed E-state index contributed by atoms with van der Waals surface area (Å²) >= 11 is 0. The summed E-state index contributed by atoms with van der Waals surface area (Å²) in [6.07, 6.45) is 9.80. The van der Waals surface area contributed by atoms with Gasteiger partial charge in [-0.15, -0.1) is 0 Å². The summed E-state index contributed by atoms with van der Waals surface area (Å²) in [7, 11) is 0. The summed E-state index contributed by atoms with van der Waals surface area (Å²) in [5, 5.41) is 11.5. The summed E-state index contributed by atoms with van der Waals surface area (Å²) in [6, 6.07) is 14.5. The van der Waals surface area contributed by atoms with Crippen molar-refractivity contribution in [3.63, 3.8) is 0 Å². The Bertz CT molecular complexity index is 2010. The Morgan fingerprint density at radius 3 is 2.80 bits per heavy atom. The molecule has 46 heavy (non-hydrogen) atoms. The Kier molecular flexibility index (Phi) is 8.39. The zero-order valence-electron chi connectivity index (χ0n) is 25.6. The van der Waals surface area contributed by atoms with Crippen LogP contribution in [0.2, 0.25) is 0 Å². The van der Waals surface area contributed by atoms with E-state index in [-0.39, 0.29) is 11.7 Å². The summed E-state index contributed by atoms with van der Waals surface area (Å²) < 4.78 is 20.8. The maximum atomic E-state index is 14.8. The van der Waals surface area contributed by atoms with Gasteiger partial charge in [-0.05, 0) is 79.9 Å². The number of aromatic nitrogens is 6. The van der Waals surface area contributed by atoms with E-state index in [4.69, 9.17) is 9.72 Å². The molecule has 234 valence electrons. The second-order valence-electron chi connectivity index (χ2n) is 11.7. The number of nitrogens with zero attached hydrogens (tertiary/aromatic N) is 5. The number of rotatable bonds is 11. The highest BCUT2D eigenvalue weighted by Gasteiger charge is 2.18. The van der Waals surface area contributed by atoms with Crippen LogP contribution in [-0.2, 0) is 4.79 Å². The van der Waals surface area contributed by atoms with E-state index in [2.05, 4.69) is 42.3 Å². The van der Waals surface area contributed by atoms with E-state index in [1.54, 1.807) is 18.6 Å². The van der Waals surface area contributed by atoms with Crippen molar-refractivity contribution in [1.29, 1.82) is 0 Å². The number of hydrogen-bond acceptors (Lipinski definition) is 7. The molecule has 0 bridgehead atoms. The topological polar surface area (TPSA) is 125 Å². The number of ether oxygens (including phenoxy) is 1. The summed E-state index contributed by atoms with van der Waals surface area (Å²) in [5.41, 5.74) is 6.50. The van der Waals surface area contributed by atoms with Gasteiger partial charge in [0.15, 0.2) is 11.5 Å². The molecule has 6 aromatic rings. The number of nitrogens with one attached hydrogen (secondary N) is 3. The molecule has 0 atom stereocenters. The van der Waals surface area contributed by atoms with Crippen LogP contribution in [0.15, 0.2) is 67.1 Å². The maximum Gasteiger partial charge on any atom is 0.224 e. The average Bonchev–Trinajstić information content (AvgIpc) is 3.83. The highest BCUT2D eigenvalue weighted by atomic mass is 19.1. The molecule has 0 radical (unpaired) electrons. The van der Waals surface area contributed by atoms with E-state index in [1.165, 1.54) is 25.0 Å². The first-order valence-corrected chi connectivity index (χ1v) is 15.8. The van der Waals surface area contributed by atoms with Gasteiger partial charge in [0.25, 0.3) is 0 Å². The molecule has 1 aliphatic heterocycles. The number of halogens is 1. The number of likely N-dealkylation sites (tertiary alicyclic amines) is 1. The quantitative estimate of drug-likeness (QED) is 0.143. The smallest absolute Gasteiger partial charge is 0.224 e. The number of H-pyrrole nitrogens is 2. The van der Waals surface area contributed by atoms with Crippen molar-refractivity contribution >= 4 is 33.7 Å². The van der Waals surface area contributed by atoms with Gasteiger partial charge in [-0.3, -0.25) is 19.8 Å². The third-order valence-corrected chi connectivity index (χ3v) is 8.35. The van der Waals surface area contributed by atoms with Gasteiger partial charge in [0.2, 0.25) is 5.91 Å². The number of pyridine rings is 2. The van der Waals surface area contributed by atoms with Crippen molar-refractivity contribution in [2.75, 3.05) is 31.6 Å². The van der Waals surface area contributed by atoms with Gasteiger partial charge in [0, 0.05) is 47.9 Å². The van der Waals surface area contributed by atoms with E-state index in [0.29, 0.717) is 52.7 Å². The molecule has 1 fully saturated rings. The molecule has 0 unspecified atom stereocenters. The Labute approximate surface area is 265 Å². The van der Waals surface area contributed by atoms with Gasteiger partial charge in [0.1, 0.15) is 23.9 Å². The highest BCUT2D eigenvalue weighted by Crippen LogP contribution is 2.34. The van der Waals surface area contributed by atoms with E-state index in [0.717, 1.165) is 60.1 Å². The molecule has 5 heterocycles. The van der Waals surface area contributed by atoms with Gasteiger partial charge in [0.05, 0.1) is 22.9 Å². The molecule has 7 rings (SSSR count). The number of amides is 1. The minimum Gasteiger partial charge on any atom is -0.492 e. The van der Waals surface area contributed by atoms with Crippen LogP contribution in [0.25, 0.3) is 55.8 Å². The lowest BCUT2D eigenvalue weighted by molar-refractivity contribution is -0.116. The molecule has 1 aliphatic rings. The number of unbranched alkanes of at least 4 members (excludes halogenated alkanes) is 1. The zero-order valence-corrected chi connectivity index (χ0v) is 25.6. The maximum absolute atomic E-state index is 14.8. The van der Waals surface area contributed by atoms with Crippen molar-refractivity contribution in [3.8, 4) is 39.5 Å². The Morgan fingerprint density at radius 1 is 1.04 bits per heavy atom. The van der Waals surface area contributed by atoms with Crippen molar-refractivity contribution < 1.29 is 13.9 Å². The molecule has 0 spiro atoms. The molecule has 0 saturated carbocycles. The SMILES string of the molecule is CCCCC(=O)Nc1cncc(-c2ccc3[nH]nc(-c4nc5nccc(-c6cc(F)cc(OCCN7CCCC7)c6)c5[nH]4)c3c2)c1. The van der Waals surface area contributed by atoms with E-state index < -0.39 is 0 Å². The fourth-order valence-corrected chi connectivity index (χ4v) is 5.97. The number of carbonyl (C=O) groups excluding carboxylic acids is 1. The van der Waals surface area contributed by atoms with Crippen LogP contribution in [0.4, 0.5) is 10.1 Å². The zero-order chi connectivity index (χ0) is 31.5. The van der Waals surface area contributed by atoms with Crippen molar-refractivity contribution in [2.24, 2.45) is 0 Å². The number of benzene rings is 2. The molecule has 1 saturated heterocycles. The molecule has 10 nitrogen and oxygen atoms in total. The predicted octanol–water partition coefficient (Wildman–Crippen LogP) is 6.97. The van der Waals surface area contributed by atoms with Gasteiger partial charge in [-0.2, -0.15) is 5.10 Å². The molecule has 1 amide bonds.